The number of allylic oxidation sites excluding steroid dienone is 2. The van der Waals surface area contributed by atoms with Gasteiger partial charge in [-0.3, -0.25) is 19.8 Å². The molecule has 0 bridgehead atoms. The lowest BCUT2D eigenvalue weighted by atomic mass is 9.98. The highest BCUT2D eigenvalue weighted by Gasteiger charge is 2.19. The van der Waals surface area contributed by atoms with Gasteiger partial charge in [-0.2, -0.15) is 5.10 Å². The molecule has 1 aliphatic rings. The molecule has 0 aliphatic carbocycles. The first-order valence-corrected chi connectivity index (χ1v) is 4.85. The van der Waals surface area contributed by atoms with E-state index in [0.717, 1.165) is 0 Å². The predicted molar refractivity (Wildman–Crippen MR) is 62.6 cm³/mol. The fraction of sp³-hybridized carbons (Fsp3) is 0. The van der Waals surface area contributed by atoms with Gasteiger partial charge in [0.15, 0.2) is 18.9 Å². The molecule has 0 saturated carbocycles. The van der Waals surface area contributed by atoms with E-state index in [1.807, 2.05) is 0 Å². The fourth-order valence-electron chi connectivity index (χ4n) is 1.62. The van der Waals surface area contributed by atoms with Crippen LogP contribution in [-0.2, 0) is 14.4 Å². The largest absolute Gasteiger partial charge is 0.298 e. The van der Waals surface area contributed by atoms with E-state index in [4.69, 9.17) is 0 Å². The van der Waals surface area contributed by atoms with Crippen molar-refractivity contribution in [2.45, 2.75) is 0 Å². The van der Waals surface area contributed by atoms with Crippen LogP contribution in [0.15, 0.2) is 34.9 Å². The molecule has 0 amide bonds. The highest BCUT2D eigenvalue weighted by molar-refractivity contribution is 6.46. The second kappa shape index (κ2) is 4.52. The Kier molecular flexibility index (Phi) is 2.91. The van der Waals surface area contributed by atoms with Gasteiger partial charge in [0.2, 0.25) is 0 Å². The van der Waals surface area contributed by atoms with Crippen LogP contribution in [0.25, 0.3) is 5.57 Å². The molecule has 1 aliphatic heterocycles. The van der Waals surface area contributed by atoms with Crippen molar-refractivity contribution >= 4 is 35.8 Å². The number of benzene rings is 1. The Hall–Kier alpha value is -2.56. The third-order valence-electron chi connectivity index (χ3n) is 2.43. The van der Waals surface area contributed by atoms with Gasteiger partial charge in [-0.15, -0.1) is 0 Å². The van der Waals surface area contributed by atoms with E-state index in [2.05, 4.69) is 10.5 Å². The summed E-state index contributed by atoms with van der Waals surface area (Å²) in [5, 5.41) is 3.78. The van der Waals surface area contributed by atoms with Crippen LogP contribution in [0.4, 0.5) is 5.69 Å². The molecule has 5 heteroatoms. The first-order valence-electron chi connectivity index (χ1n) is 4.85. The van der Waals surface area contributed by atoms with Crippen LogP contribution in [0.2, 0.25) is 0 Å². The Labute approximate surface area is 96.8 Å². The quantitative estimate of drug-likeness (QED) is 0.777. The van der Waals surface area contributed by atoms with Gasteiger partial charge >= 0.3 is 0 Å². The van der Waals surface area contributed by atoms with Crippen molar-refractivity contribution in [3.63, 3.8) is 0 Å². The monoisotopic (exact) mass is 228 g/mol. The van der Waals surface area contributed by atoms with E-state index < -0.39 is 0 Å². The van der Waals surface area contributed by atoms with Gasteiger partial charge in [-0.1, -0.05) is 18.2 Å². The smallest absolute Gasteiger partial charge is 0.171 e. The topological polar surface area (TPSA) is 75.6 Å². The second-order valence-electron chi connectivity index (χ2n) is 3.34. The lowest BCUT2D eigenvalue weighted by Crippen LogP contribution is -2.09. The van der Waals surface area contributed by atoms with E-state index >= 15 is 0 Å². The molecule has 0 unspecified atom stereocenters. The van der Waals surface area contributed by atoms with Gasteiger partial charge in [-0.05, 0) is 6.07 Å². The van der Waals surface area contributed by atoms with E-state index in [1.165, 1.54) is 0 Å². The number of anilines is 1. The zero-order chi connectivity index (χ0) is 12.3. The first-order chi connectivity index (χ1) is 8.31. The summed E-state index contributed by atoms with van der Waals surface area (Å²) >= 11 is 0. The molecule has 84 valence electrons. The summed E-state index contributed by atoms with van der Waals surface area (Å²) in [5.74, 6) is 0. The maximum Gasteiger partial charge on any atom is 0.171 e. The minimum atomic E-state index is -0.0849. The van der Waals surface area contributed by atoms with Crippen molar-refractivity contribution in [2.24, 2.45) is 5.10 Å². The Bertz CT molecular complexity index is 559. The highest BCUT2D eigenvalue weighted by atomic mass is 16.1. The van der Waals surface area contributed by atoms with E-state index in [1.54, 1.807) is 24.3 Å². The molecule has 0 spiro atoms. The van der Waals surface area contributed by atoms with Crippen LogP contribution in [0, 0.1) is 0 Å². The SMILES string of the molecule is O=CC1=NNc2ccccc2C(C=O)=C1C=O. The van der Waals surface area contributed by atoms with Crippen LogP contribution >= 0.6 is 0 Å². The van der Waals surface area contributed by atoms with Gasteiger partial charge in [-0.25, -0.2) is 0 Å². The molecule has 0 radical (unpaired) electrons. The first kappa shape index (κ1) is 10.9. The molecule has 0 aromatic heterocycles. The summed E-state index contributed by atoms with van der Waals surface area (Å²) in [6.07, 6.45) is 1.45. The van der Waals surface area contributed by atoms with Crippen LogP contribution in [0.5, 0.6) is 0 Å². The molecule has 1 N–H and O–H groups in total. The average molecular weight is 228 g/mol. The number of para-hydroxylation sites is 1. The second-order valence-corrected chi connectivity index (χ2v) is 3.34. The standard InChI is InChI=1S/C12H8N2O3/c15-5-9-8-3-1-2-4-11(8)13-14-12(7-17)10(9)6-16/h1-7,13H. The van der Waals surface area contributed by atoms with Gasteiger partial charge in [0.1, 0.15) is 5.71 Å². The van der Waals surface area contributed by atoms with E-state index in [-0.39, 0.29) is 16.9 Å². The summed E-state index contributed by atoms with van der Waals surface area (Å²) < 4.78 is 0. The minimum absolute atomic E-state index is 0.00699. The van der Waals surface area contributed by atoms with Crippen molar-refractivity contribution in [1.29, 1.82) is 0 Å². The zero-order valence-electron chi connectivity index (χ0n) is 8.71. The molecule has 0 atom stereocenters. The number of rotatable bonds is 3. The lowest BCUT2D eigenvalue weighted by molar-refractivity contribution is -0.106. The maximum atomic E-state index is 11.1. The molecule has 1 aromatic carbocycles. The number of hydrazone groups is 1. The molecule has 2 rings (SSSR count). The number of nitrogens with zero attached hydrogens (tertiary/aromatic N) is 1. The Morgan fingerprint density at radius 1 is 0.941 bits per heavy atom. The molecule has 5 nitrogen and oxygen atoms in total. The fourth-order valence-corrected chi connectivity index (χ4v) is 1.62. The number of nitrogens with one attached hydrogen (secondary N) is 1. The van der Waals surface area contributed by atoms with E-state index in [9.17, 15) is 14.4 Å². The van der Waals surface area contributed by atoms with Crippen molar-refractivity contribution in [2.75, 3.05) is 5.43 Å². The number of carbonyl (C=O) groups is 3. The number of hydrogen-bond acceptors (Lipinski definition) is 5. The molecule has 17 heavy (non-hydrogen) atoms. The van der Waals surface area contributed by atoms with Gasteiger partial charge in [0.05, 0.1) is 11.3 Å². The summed E-state index contributed by atoms with van der Waals surface area (Å²) in [5.41, 5.74) is 3.84. The molecule has 0 fully saturated rings. The molecular weight excluding hydrogens is 220 g/mol. The number of aldehydes is 3. The molecule has 0 saturated heterocycles. The molecule has 1 aromatic rings. The number of fused-ring (bicyclic) bond motifs is 1. The third kappa shape index (κ3) is 1.78. The summed E-state index contributed by atoms with van der Waals surface area (Å²) in [6.45, 7) is 0. The third-order valence-corrected chi connectivity index (χ3v) is 2.43. The van der Waals surface area contributed by atoms with Crippen molar-refractivity contribution in [3.05, 3.63) is 35.4 Å². The van der Waals surface area contributed by atoms with Gasteiger partial charge in [0, 0.05) is 11.1 Å². The average Bonchev–Trinajstić information content (AvgIpc) is 2.54. The predicted octanol–water partition coefficient (Wildman–Crippen LogP) is 0.818. The van der Waals surface area contributed by atoms with Gasteiger partial charge < -0.3 is 0 Å². The Morgan fingerprint density at radius 3 is 2.29 bits per heavy atom. The Morgan fingerprint density at radius 2 is 1.65 bits per heavy atom. The zero-order valence-corrected chi connectivity index (χ0v) is 8.71. The minimum Gasteiger partial charge on any atom is -0.298 e. The highest BCUT2D eigenvalue weighted by Crippen LogP contribution is 2.27. The number of hydrogen-bond donors (Lipinski definition) is 1. The van der Waals surface area contributed by atoms with Crippen LogP contribution in [-0.4, -0.2) is 24.6 Å². The maximum absolute atomic E-state index is 11.1. The summed E-state index contributed by atoms with van der Waals surface area (Å²) in [7, 11) is 0. The summed E-state index contributed by atoms with van der Waals surface area (Å²) in [4.78, 5) is 32.9. The normalized spacial score (nSPS) is 14.0. The number of carbonyl (C=O) groups excluding carboxylic acids is 3. The van der Waals surface area contributed by atoms with Crippen molar-refractivity contribution in [1.82, 2.24) is 0 Å². The van der Waals surface area contributed by atoms with Crippen LogP contribution in [0.1, 0.15) is 5.56 Å². The Balaban J connectivity index is 2.76. The van der Waals surface area contributed by atoms with Crippen molar-refractivity contribution in [3.8, 4) is 0 Å². The van der Waals surface area contributed by atoms with Crippen molar-refractivity contribution < 1.29 is 14.4 Å². The van der Waals surface area contributed by atoms with Gasteiger partial charge in [0.25, 0.3) is 0 Å². The van der Waals surface area contributed by atoms with Crippen LogP contribution in [0.3, 0.4) is 0 Å². The molecular formula is C12H8N2O3. The van der Waals surface area contributed by atoms with E-state index in [0.29, 0.717) is 30.1 Å². The molecule has 1 heterocycles. The van der Waals surface area contributed by atoms with Crippen LogP contribution < -0.4 is 5.43 Å². The summed E-state index contributed by atoms with van der Waals surface area (Å²) in [6, 6.07) is 6.88. The lowest BCUT2D eigenvalue weighted by Gasteiger charge is -2.05.